The third kappa shape index (κ3) is 5.20. The predicted molar refractivity (Wildman–Crippen MR) is 102 cm³/mol. The lowest BCUT2D eigenvalue weighted by atomic mass is 10.3. The summed E-state index contributed by atoms with van der Waals surface area (Å²) in [7, 11) is 1.59. The van der Waals surface area contributed by atoms with Crippen LogP contribution in [0.15, 0.2) is 58.9 Å². The summed E-state index contributed by atoms with van der Waals surface area (Å²) in [5, 5.41) is 14.9. The summed E-state index contributed by atoms with van der Waals surface area (Å²) >= 11 is 2.76. The summed E-state index contributed by atoms with van der Waals surface area (Å²) in [6.45, 7) is 0. The van der Waals surface area contributed by atoms with Gasteiger partial charge in [-0.05, 0) is 24.3 Å². The van der Waals surface area contributed by atoms with E-state index in [9.17, 15) is 4.79 Å². The number of nitrogens with one attached hydrogen (secondary N) is 2. The van der Waals surface area contributed by atoms with Crippen LogP contribution in [0.25, 0.3) is 0 Å². The van der Waals surface area contributed by atoms with Crippen LogP contribution >= 0.6 is 23.1 Å². The van der Waals surface area contributed by atoms with Gasteiger partial charge in [-0.25, -0.2) is 0 Å². The zero-order valence-corrected chi connectivity index (χ0v) is 15.1. The maximum atomic E-state index is 12.1. The molecule has 0 bridgehead atoms. The van der Waals surface area contributed by atoms with E-state index in [0.717, 1.165) is 10.0 Å². The lowest BCUT2D eigenvalue weighted by Gasteiger charge is -2.06. The zero-order valence-electron chi connectivity index (χ0n) is 13.4. The minimum absolute atomic E-state index is 0.106. The molecule has 0 unspecified atom stereocenters. The Morgan fingerprint density at radius 3 is 2.72 bits per heavy atom. The van der Waals surface area contributed by atoms with E-state index in [2.05, 4.69) is 20.8 Å². The summed E-state index contributed by atoms with van der Waals surface area (Å²) in [4.78, 5) is 12.1. The molecule has 3 aromatic rings. The van der Waals surface area contributed by atoms with Gasteiger partial charge in [-0.1, -0.05) is 47.4 Å². The second kappa shape index (κ2) is 8.50. The van der Waals surface area contributed by atoms with E-state index in [1.54, 1.807) is 13.2 Å². The van der Waals surface area contributed by atoms with Crippen molar-refractivity contribution < 1.29 is 9.53 Å². The Bertz CT molecular complexity index is 839. The topological polar surface area (TPSA) is 76.1 Å². The minimum atomic E-state index is -0.106. The van der Waals surface area contributed by atoms with Crippen LogP contribution in [-0.4, -0.2) is 29.0 Å². The Balaban J connectivity index is 1.50. The summed E-state index contributed by atoms with van der Waals surface area (Å²) < 4.78 is 5.87. The average molecular weight is 372 g/mol. The number of carbonyl (C=O) groups is 1. The Kier molecular flexibility index (Phi) is 5.86. The fourth-order valence-electron chi connectivity index (χ4n) is 1.99. The maximum absolute atomic E-state index is 12.1. The molecule has 0 fully saturated rings. The fourth-order valence-corrected chi connectivity index (χ4v) is 3.56. The summed E-state index contributed by atoms with van der Waals surface area (Å²) in [6, 6.07) is 17.0. The number of para-hydroxylation sites is 1. The van der Waals surface area contributed by atoms with Crippen molar-refractivity contribution in [3.8, 4) is 5.75 Å². The number of hydrogen-bond acceptors (Lipinski definition) is 7. The molecule has 1 heterocycles. The summed E-state index contributed by atoms with van der Waals surface area (Å²) in [5.41, 5.74) is 1.65. The van der Waals surface area contributed by atoms with Crippen molar-refractivity contribution >= 4 is 45.5 Å². The van der Waals surface area contributed by atoms with Gasteiger partial charge >= 0.3 is 0 Å². The van der Waals surface area contributed by atoms with E-state index in [4.69, 9.17) is 4.74 Å². The SMILES string of the molecule is COc1cccc(NC(=O)CSc2nnc(Nc3ccccc3)s2)c1. The molecule has 2 aromatic carbocycles. The summed E-state index contributed by atoms with van der Waals surface area (Å²) in [6.07, 6.45) is 0. The first-order chi connectivity index (χ1) is 12.2. The first-order valence-corrected chi connectivity index (χ1v) is 9.25. The van der Waals surface area contributed by atoms with E-state index >= 15 is 0 Å². The monoisotopic (exact) mass is 372 g/mol. The van der Waals surface area contributed by atoms with Crippen molar-refractivity contribution in [1.29, 1.82) is 0 Å². The van der Waals surface area contributed by atoms with Gasteiger partial charge in [-0.2, -0.15) is 0 Å². The van der Waals surface area contributed by atoms with Gasteiger partial charge in [0.15, 0.2) is 4.34 Å². The number of anilines is 3. The van der Waals surface area contributed by atoms with Crippen molar-refractivity contribution in [1.82, 2.24) is 10.2 Å². The van der Waals surface area contributed by atoms with E-state index in [1.165, 1.54) is 23.1 Å². The molecule has 3 rings (SSSR count). The van der Waals surface area contributed by atoms with Crippen LogP contribution in [0.2, 0.25) is 0 Å². The third-order valence-electron chi connectivity index (χ3n) is 3.11. The molecule has 1 amide bonds. The normalized spacial score (nSPS) is 10.3. The lowest BCUT2D eigenvalue weighted by molar-refractivity contribution is -0.113. The highest BCUT2D eigenvalue weighted by atomic mass is 32.2. The third-order valence-corrected chi connectivity index (χ3v) is 5.08. The fraction of sp³-hybridized carbons (Fsp3) is 0.118. The highest BCUT2D eigenvalue weighted by Gasteiger charge is 2.09. The Hall–Kier alpha value is -2.58. The molecule has 25 heavy (non-hydrogen) atoms. The van der Waals surface area contributed by atoms with Gasteiger partial charge in [0.05, 0.1) is 12.9 Å². The molecule has 0 spiro atoms. The number of aromatic nitrogens is 2. The lowest BCUT2D eigenvalue weighted by Crippen LogP contribution is -2.13. The van der Waals surface area contributed by atoms with Crippen molar-refractivity contribution in [2.24, 2.45) is 0 Å². The molecule has 0 saturated carbocycles. The second-order valence-electron chi connectivity index (χ2n) is 4.93. The van der Waals surface area contributed by atoms with Gasteiger partial charge in [-0.3, -0.25) is 4.79 Å². The standard InChI is InChI=1S/C17H16N4O2S2/c1-23-14-9-5-8-13(10-14)18-15(22)11-24-17-21-20-16(25-17)19-12-6-3-2-4-7-12/h2-10H,11H2,1H3,(H,18,22)(H,19,20). The number of rotatable bonds is 7. The van der Waals surface area contributed by atoms with E-state index in [0.29, 0.717) is 16.6 Å². The second-order valence-corrected chi connectivity index (χ2v) is 7.13. The van der Waals surface area contributed by atoms with Crippen molar-refractivity contribution in [3.63, 3.8) is 0 Å². The Labute approximate surface area is 153 Å². The minimum Gasteiger partial charge on any atom is -0.497 e. The molecule has 0 radical (unpaired) electrons. The maximum Gasteiger partial charge on any atom is 0.234 e. The van der Waals surface area contributed by atoms with Gasteiger partial charge in [0.25, 0.3) is 0 Å². The van der Waals surface area contributed by atoms with Gasteiger partial charge in [0.2, 0.25) is 11.0 Å². The number of benzene rings is 2. The van der Waals surface area contributed by atoms with E-state index in [-0.39, 0.29) is 11.7 Å². The number of carbonyl (C=O) groups excluding carboxylic acids is 1. The first-order valence-electron chi connectivity index (χ1n) is 7.45. The Morgan fingerprint density at radius 2 is 1.92 bits per heavy atom. The zero-order chi connectivity index (χ0) is 17.5. The number of ether oxygens (including phenoxy) is 1. The molecule has 0 aliphatic heterocycles. The molecule has 0 atom stereocenters. The van der Waals surface area contributed by atoms with Crippen LogP contribution in [0.3, 0.4) is 0 Å². The van der Waals surface area contributed by atoms with Crippen LogP contribution in [-0.2, 0) is 4.79 Å². The molecule has 1 aromatic heterocycles. The van der Waals surface area contributed by atoms with Crippen molar-refractivity contribution in [2.45, 2.75) is 4.34 Å². The summed E-state index contributed by atoms with van der Waals surface area (Å²) in [5.74, 6) is 0.856. The van der Waals surface area contributed by atoms with Crippen molar-refractivity contribution in [2.75, 3.05) is 23.5 Å². The molecular weight excluding hydrogens is 356 g/mol. The largest absolute Gasteiger partial charge is 0.497 e. The van der Waals surface area contributed by atoms with Crippen LogP contribution in [0.4, 0.5) is 16.5 Å². The number of thioether (sulfide) groups is 1. The highest BCUT2D eigenvalue weighted by Crippen LogP contribution is 2.27. The van der Waals surface area contributed by atoms with Crippen LogP contribution < -0.4 is 15.4 Å². The van der Waals surface area contributed by atoms with E-state index in [1.807, 2.05) is 48.5 Å². The average Bonchev–Trinajstić information content (AvgIpc) is 3.08. The Morgan fingerprint density at radius 1 is 1.12 bits per heavy atom. The smallest absolute Gasteiger partial charge is 0.234 e. The molecule has 8 heteroatoms. The number of amides is 1. The quantitative estimate of drug-likeness (QED) is 0.610. The molecule has 0 aliphatic carbocycles. The molecule has 128 valence electrons. The van der Waals surface area contributed by atoms with Gasteiger partial charge in [0, 0.05) is 17.4 Å². The van der Waals surface area contributed by atoms with Gasteiger partial charge in [0.1, 0.15) is 5.75 Å². The van der Waals surface area contributed by atoms with Gasteiger partial charge < -0.3 is 15.4 Å². The van der Waals surface area contributed by atoms with Crippen LogP contribution in [0.5, 0.6) is 5.75 Å². The highest BCUT2D eigenvalue weighted by molar-refractivity contribution is 8.01. The predicted octanol–water partition coefficient (Wildman–Crippen LogP) is 4.02. The first kappa shape index (κ1) is 17.2. The molecule has 2 N–H and O–H groups in total. The van der Waals surface area contributed by atoms with Crippen LogP contribution in [0, 0.1) is 0 Å². The van der Waals surface area contributed by atoms with E-state index < -0.39 is 0 Å². The molecule has 0 aliphatic rings. The number of methoxy groups -OCH3 is 1. The van der Waals surface area contributed by atoms with Crippen LogP contribution in [0.1, 0.15) is 0 Å². The number of hydrogen-bond donors (Lipinski definition) is 2. The van der Waals surface area contributed by atoms with Gasteiger partial charge in [-0.15, -0.1) is 10.2 Å². The molecule has 0 saturated heterocycles. The molecule has 6 nitrogen and oxygen atoms in total. The molecular formula is C17H16N4O2S2. The number of nitrogens with zero attached hydrogens (tertiary/aromatic N) is 2. The van der Waals surface area contributed by atoms with Crippen molar-refractivity contribution in [3.05, 3.63) is 54.6 Å².